The van der Waals surface area contributed by atoms with Crippen molar-refractivity contribution in [2.24, 2.45) is 58.8 Å². The van der Waals surface area contributed by atoms with Crippen molar-refractivity contribution in [3.05, 3.63) is 34.9 Å². The first kappa shape index (κ1) is 76.3. The summed E-state index contributed by atoms with van der Waals surface area (Å²) in [6.07, 6.45) is 20.8. The summed E-state index contributed by atoms with van der Waals surface area (Å²) in [6, 6.07) is 6.50. The second-order valence-electron chi connectivity index (χ2n) is 15.5. The van der Waals surface area contributed by atoms with E-state index in [1.807, 2.05) is 27.7 Å². The molecule has 346 valence electrons. The van der Waals surface area contributed by atoms with E-state index in [0.29, 0.717) is 0 Å². The maximum absolute atomic E-state index is 11.4. The van der Waals surface area contributed by atoms with Crippen molar-refractivity contribution in [2.45, 2.75) is 209 Å². The molecule has 1 aromatic rings. The average Bonchev–Trinajstić information content (AvgIpc) is 3.29. The summed E-state index contributed by atoms with van der Waals surface area (Å²) in [5, 5.41) is 0. The Bertz CT molecular complexity index is 1010. The van der Waals surface area contributed by atoms with E-state index in [0.717, 1.165) is 23.7 Å². The first-order chi connectivity index (χ1) is 26.1. The van der Waals surface area contributed by atoms with Crippen molar-refractivity contribution in [1.29, 1.82) is 0 Å². The van der Waals surface area contributed by atoms with Crippen molar-refractivity contribution in [3.63, 3.8) is 0 Å². The number of nitrogens with two attached hydrogens (primary N) is 2. The molecule has 0 aromatic heterocycles. The number of carbonyl (C=O) groups is 4. The van der Waals surface area contributed by atoms with Gasteiger partial charge in [0, 0.05) is 89.1 Å². The van der Waals surface area contributed by atoms with Crippen LogP contribution >= 0.6 is 0 Å². The molecule has 4 unspecified atom stereocenters. The molecule has 5 saturated carbocycles. The van der Waals surface area contributed by atoms with E-state index in [4.69, 9.17) is 0 Å². The summed E-state index contributed by atoms with van der Waals surface area (Å²) in [7, 11) is 3.00. The number of benzene rings is 1. The summed E-state index contributed by atoms with van der Waals surface area (Å²) in [4.78, 5) is 45.6. The van der Waals surface area contributed by atoms with Crippen molar-refractivity contribution in [3.8, 4) is 0 Å². The summed E-state index contributed by atoms with van der Waals surface area (Å²) in [6.45, 7) is 29.4. The van der Waals surface area contributed by atoms with Gasteiger partial charge in [-0.3, -0.25) is 19.2 Å². The van der Waals surface area contributed by atoms with Crippen molar-refractivity contribution < 1.29 is 84.6 Å². The van der Waals surface area contributed by atoms with Crippen LogP contribution in [-0.4, -0.2) is 37.2 Å². The largest absolute Gasteiger partial charge is 0.333 e. The van der Waals surface area contributed by atoms with Gasteiger partial charge < -0.3 is 11.5 Å². The van der Waals surface area contributed by atoms with Crippen LogP contribution in [0.25, 0.3) is 0 Å². The minimum atomic E-state index is -0.594. The van der Waals surface area contributed by atoms with E-state index in [1.54, 1.807) is 0 Å². The Hall–Kier alpha value is 0.0278. The Morgan fingerprint density at radius 2 is 0.763 bits per heavy atom. The second kappa shape index (κ2) is 49.0. The molecule has 0 amide bonds. The van der Waals surface area contributed by atoms with Gasteiger partial charge in [-0.05, 0) is 104 Å². The minimum Gasteiger partial charge on any atom is -0.333 e. The molecule has 6 nitrogen and oxygen atoms in total. The Balaban J connectivity index is -0.0000000888. The molecule has 1 aromatic carbocycles. The molecular formula is C51H102N2O4Y2. The standard InChI is InChI=1S/C12H16O4.C10H20.C9H12.3C4H8.2C2H6.2CH5N.2CH4.2Y/c1-5(13)9-10(6(2)14)12(8(4)16)11(9)7(3)15;1-5-10-8(3)6-7(2)9(10)4;1-7-4-5-8(2)9(3)6-7;3*1-2-4-3-1;4*1-2;;;;/h9-12H,1-4H3;7-10H,5-6H2,1-4H3;4-6H,1-3H3;3*1-4H2;2*1-2H3;2*2H2,1H3;2*1H4;;. The Kier molecular flexibility index (Phi) is 63.5. The molecule has 59 heavy (non-hydrogen) atoms. The Morgan fingerprint density at radius 1 is 0.508 bits per heavy atom. The van der Waals surface area contributed by atoms with E-state index in [9.17, 15) is 19.2 Å². The fourth-order valence-electron chi connectivity index (χ4n) is 7.10. The number of hydrogen-bond donors (Lipinski definition) is 2. The van der Waals surface area contributed by atoms with E-state index in [2.05, 4.69) is 78.1 Å². The van der Waals surface area contributed by atoms with Crippen LogP contribution < -0.4 is 11.5 Å². The molecule has 0 spiro atoms. The van der Waals surface area contributed by atoms with E-state index in [1.165, 1.54) is 148 Å². The molecule has 5 aliphatic rings. The second-order valence-corrected chi connectivity index (χ2v) is 15.5. The minimum absolute atomic E-state index is 0. The first-order valence-corrected chi connectivity index (χ1v) is 22.4. The van der Waals surface area contributed by atoms with Gasteiger partial charge in [0.05, 0.1) is 0 Å². The smallest absolute Gasteiger partial charge is 0.134 e. The maximum atomic E-state index is 11.4. The molecule has 0 heterocycles. The quantitative estimate of drug-likeness (QED) is 0.303. The predicted molar refractivity (Wildman–Crippen MR) is 255 cm³/mol. The van der Waals surface area contributed by atoms with Crippen LogP contribution in [0, 0.1) is 68.1 Å². The van der Waals surface area contributed by atoms with Crippen LogP contribution in [0.3, 0.4) is 0 Å². The van der Waals surface area contributed by atoms with Crippen LogP contribution in [0.4, 0.5) is 0 Å². The predicted octanol–water partition coefficient (Wildman–Crippen LogP) is 13.9. The third-order valence-corrected chi connectivity index (χ3v) is 11.6. The van der Waals surface area contributed by atoms with Gasteiger partial charge >= 0.3 is 0 Å². The van der Waals surface area contributed by atoms with Gasteiger partial charge in [-0.2, -0.15) is 0 Å². The Labute approximate surface area is 420 Å². The summed E-state index contributed by atoms with van der Waals surface area (Å²) in [5.41, 5.74) is 13.1. The van der Waals surface area contributed by atoms with Gasteiger partial charge in [-0.1, -0.05) is 177 Å². The zero-order valence-corrected chi connectivity index (χ0v) is 46.4. The number of hydrogen-bond acceptors (Lipinski definition) is 6. The average molecular weight is 985 g/mol. The molecule has 0 saturated heterocycles. The molecule has 4 N–H and O–H groups in total. The van der Waals surface area contributed by atoms with Gasteiger partial charge in [-0.15, -0.1) is 0 Å². The van der Waals surface area contributed by atoms with Gasteiger partial charge in [0.25, 0.3) is 0 Å². The van der Waals surface area contributed by atoms with E-state index < -0.39 is 23.7 Å². The third kappa shape index (κ3) is 32.4. The molecule has 4 atom stereocenters. The molecule has 6 rings (SSSR count). The fraction of sp³-hybridized carbons (Fsp3) is 0.804. The summed E-state index contributed by atoms with van der Waals surface area (Å²) in [5.74, 6) is 0.831. The van der Waals surface area contributed by atoms with Crippen LogP contribution in [-0.2, 0) is 84.6 Å². The number of carbonyl (C=O) groups excluding carboxylic acids is 4. The third-order valence-electron chi connectivity index (χ3n) is 11.6. The SMILES string of the molecule is C.C.C1CCC1.C1CCC1.C1CCC1.CC.CC.CC(=O)C1C(C(C)=O)C(C(C)=O)C1C(C)=O.CCC1C(C)CC(C)C1C.CN.CN.Cc1ccc(C)c(C)c1.[Y].[Y]. The van der Waals surface area contributed by atoms with Gasteiger partial charge in [0.15, 0.2) is 0 Å². The maximum Gasteiger partial charge on any atom is 0.134 e. The summed E-state index contributed by atoms with van der Waals surface area (Å²) >= 11 is 0. The number of rotatable bonds is 5. The summed E-state index contributed by atoms with van der Waals surface area (Å²) < 4.78 is 0. The van der Waals surface area contributed by atoms with Crippen LogP contribution in [0.5, 0.6) is 0 Å². The fourth-order valence-corrected chi connectivity index (χ4v) is 7.10. The number of ketones is 4. The molecular weight excluding hydrogens is 882 g/mol. The van der Waals surface area contributed by atoms with Crippen LogP contribution in [0.15, 0.2) is 18.2 Å². The zero-order chi connectivity index (χ0) is 43.7. The van der Waals surface area contributed by atoms with Crippen molar-refractivity contribution in [2.75, 3.05) is 14.1 Å². The monoisotopic (exact) mass is 985 g/mol. The molecule has 5 fully saturated rings. The molecule has 2 radical (unpaired) electrons. The molecule has 5 aliphatic carbocycles. The number of Topliss-reactive ketones (excluding diaryl/α,β-unsaturated/α-hetero) is 4. The number of aryl methyl sites for hydroxylation is 3. The van der Waals surface area contributed by atoms with Crippen LogP contribution in [0.1, 0.15) is 205 Å². The Morgan fingerprint density at radius 3 is 0.881 bits per heavy atom. The van der Waals surface area contributed by atoms with Crippen LogP contribution in [0.2, 0.25) is 0 Å². The first-order valence-electron chi connectivity index (χ1n) is 22.4. The molecule has 8 heteroatoms. The zero-order valence-electron chi connectivity index (χ0n) is 40.7. The van der Waals surface area contributed by atoms with Gasteiger partial charge in [-0.25, -0.2) is 0 Å². The topological polar surface area (TPSA) is 120 Å². The molecule has 0 aliphatic heterocycles. The van der Waals surface area contributed by atoms with Gasteiger partial charge in [0.2, 0.25) is 0 Å². The van der Waals surface area contributed by atoms with E-state index >= 15 is 0 Å². The van der Waals surface area contributed by atoms with Crippen molar-refractivity contribution >= 4 is 23.1 Å². The van der Waals surface area contributed by atoms with Crippen molar-refractivity contribution in [1.82, 2.24) is 0 Å². The molecule has 0 bridgehead atoms. The normalized spacial score (nSPS) is 23.8. The van der Waals surface area contributed by atoms with Gasteiger partial charge in [0.1, 0.15) is 23.1 Å². The van der Waals surface area contributed by atoms with E-state index in [-0.39, 0.29) is 103 Å².